The third-order valence-corrected chi connectivity index (χ3v) is 5.27. The van der Waals surface area contributed by atoms with Crippen LogP contribution in [-0.4, -0.2) is 65.3 Å². The van der Waals surface area contributed by atoms with Crippen LogP contribution in [-0.2, 0) is 11.3 Å². The van der Waals surface area contributed by atoms with E-state index in [4.69, 9.17) is 0 Å². The van der Waals surface area contributed by atoms with Crippen molar-refractivity contribution in [3.63, 3.8) is 0 Å². The summed E-state index contributed by atoms with van der Waals surface area (Å²) >= 11 is 0. The van der Waals surface area contributed by atoms with Crippen LogP contribution in [0.15, 0.2) is 30.5 Å². The lowest BCUT2D eigenvalue weighted by molar-refractivity contribution is -0.132. The first-order valence-corrected chi connectivity index (χ1v) is 10.1. The standard InChI is InChI=1S/C22H28FN5O2/c1-15-19(22(30)25-12-16-4-6-18(23)7-5-16)13-24-21(26-15)17-8-10-28(11-9-17)20(29)14-27(2)3/h4-7,13,17H,8-12,14H2,1-3H3,(H,25,30). The van der Waals surface area contributed by atoms with Gasteiger partial charge in [0, 0.05) is 31.7 Å². The molecule has 0 radical (unpaired) electrons. The number of likely N-dealkylation sites (tertiary alicyclic amines) is 1. The smallest absolute Gasteiger partial charge is 0.254 e. The molecule has 7 nitrogen and oxygen atoms in total. The van der Waals surface area contributed by atoms with Crippen molar-refractivity contribution < 1.29 is 14.0 Å². The van der Waals surface area contributed by atoms with Crippen molar-refractivity contribution in [1.82, 2.24) is 25.1 Å². The summed E-state index contributed by atoms with van der Waals surface area (Å²) in [7, 11) is 3.78. The number of nitrogens with zero attached hydrogens (tertiary/aromatic N) is 4. The summed E-state index contributed by atoms with van der Waals surface area (Å²) in [5, 5.41) is 2.82. The van der Waals surface area contributed by atoms with E-state index in [-0.39, 0.29) is 23.5 Å². The van der Waals surface area contributed by atoms with E-state index in [0.717, 1.165) is 24.2 Å². The molecule has 1 N–H and O–H groups in total. The van der Waals surface area contributed by atoms with E-state index < -0.39 is 0 Å². The predicted octanol–water partition coefficient (Wildman–Crippen LogP) is 2.12. The highest BCUT2D eigenvalue weighted by Gasteiger charge is 2.26. The molecular formula is C22H28FN5O2. The van der Waals surface area contributed by atoms with Crippen LogP contribution in [0.3, 0.4) is 0 Å². The zero-order chi connectivity index (χ0) is 21.7. The number of rotatable bonds is 6. The number of aromatic nitrogens is 2. The van der Waals surface area contributed by atoms with Crippen LogP contribution in [0, 0.1) is 12.7 Å². The molecule has 1 aromatic heterocycles. The van der Waals surface area contributed by atoms with Gasteiger partial charge >= 0.3 is 0 Å². The molecule has 0 bridgehead atoms. The Labute approximate surface area is 176 Å². The molecule has 0 saturated carbocycles. The number of carbonyl (C=O) groups excluding carboxylic acids is 2. The first-order chi connectivity index (χ1) is 14.3. The minimum Gasteiger partial charge on any atom is -0.348 e. The molecule has 1 aromatic carbocycles. The van der Waals surface area contributed by atoms with Crippen molar-refractivity contribution in [2.45, 2.75) is 32.2 Å². The van der Waals surface area contributed by atoms with Crippen LogP contribution in [0.25, 0.3) is 0 Å². The zero-order valence-corrected chi connectivity index (χ0v) is 17.7. The van der Waals surface area contributed by atoms with E-state index in [2.05, 4.69) is 15.3 Å². The monoisotopic (exact) mass is 413 g/mol. The van der Waals surface area contributed by atoms with E-state index in [9.17, 15) is 14.0 Å². The van der Waals surface area contributed by atoms with Gasteiger partial charge in [0.25, 0.3) is 5.91 Å². The first kappa shape index (κ1) is 21.8. The van der Waals surface area contributed by atoms with Crippen molar-refractivity contribution in [1.29, 1.82) is 0 Å². The number of likely N-dealkylation sites (N-methyl/N-ethyl adjacent to an activating group) is 1. The SMILES string of the molecule is Cc1nc(C2CCN(C(=O)CN(C)C)CC2)ncc1C(=O)NCc1ccc(F)cc1. The number of halogens is 1. The zero-order valence-electron chi connectivity index (χ0n) is 17.7. The molecule has 1 aliphatic heterocycles. The van der Waals surface area contributed by atoms with Crippen LogP contribution in [0.5, 0.6) is 0 Å². The van der Waals surface area contributed by atoms with Gasteiger partial charge in [-0.25, -0.2) is 14.4 Å². The Kier molecular flexibility index (Phi) is 7.10. The number of amides is 2. The molecule has 1 fully saturated rings. The van der Waals surface area contributed by atoms with E-state index in [1.807, 2.05) is 23.9 Å². The van der Waals surface area contributed by atoms with Crippen LogP contribution in [0.2, 0.25) is 0 Å². The molecule has 2 heterocycles. The molecule has 160 valence electrons. The molecule has 1 aliphatic rings. The number of carbonyl (C=O) groups is 2. The molecule has 2 amide bonds. The highest BCUT2D eigenvalue weighted by Crippen LogP contribution is 2.26. The molecule has 2 aromatic rings. The first-order valence-electron chi connectivity index (χ1n) is 10.1. The summed E-state index contributed by atoms with van der Waals surface area (Å²) in [5.41, 5.74) is 1.87. The summed E-state index contributed by atoms with van der Waals surface area (Å²) < 4.78 is 13.0. The quantitative estimate of drug-likeness (QED) is 0.785. The topological polar surface area (TPSA) is 78.4 Å². The molecule has 30 heavy (non-hydrogen) atoms. The molecule has 1 saturated heterocycles. The lowest BCUT2D eigenvalue weighted by Gasteiger charge is -2.32. The number of hydrogen-bond acceptors (Lipinski definition) is 5. The lowest BCUT2D eigenvalue weighted by Crippen LogP contribution is -2.42. The summed E-state index contributed by atoms with van der Waals surface area (Å²) in [4.78, 5) is 37.5. The Morgan fingerprint density at radius 2 is 1.87 bits per heavy atom. The number of aryl methyl sites for hydroxylation is 1. The Morgan fingerprint density at radius 3 is 2.47 bits per heavy atom. The van der Waals surface area contributed by atoms with Gasteiger partial charge in [-0.3, -0.25) is 9.59 Å². The van der Waals surface area contributed by atoms with Crippen molar-refractivity contribution in [2.75, 3.05) is 33.7 Å². The number of benzene rings is 1. The second kappa shape index (κ2) is 9.75. The van der Waals surface area contributed by atoms with Crippen LogP contribution >= 0.6 is 0 Å². The molecule has 3 rings (SSSR count). The van der Waals surface area contributed by atoms with E-state index in [0.29, 0.717) is 37.4 Å². The van der Waals surface area contributed by atoms with Gasteiger partial charge in [0.15, 0.2) is 0 Å². The predicted molar refractivity (Wildman–Crippen MR) is 111 cm³/mol. The average Bonchev–Trinajstić information content (AvgIpc) is 2.72. The Bertz CT molecular complexity index is 893. The molecule has 8 heteroatoms. The second-order valence-electron chi connectivity index (χ2n) is 7.93. The van der Waals surface area contributed by atoms with Gasteiger partial charge in [-0.05, 0) is 51.6 Å². The highest BCUT2D eigenvalue weighted by atomic mass is 19.1. The molecule has 0 aliphatic carbocycles. The fourth-order valence-corrected chi connectivity index (χ4v) is 3.54. The summed E-state index contributed by atoms with van der Waals surface area (Å²) in [5.74, 6) is 0.486. The van der Waals surface area contributed by atoms with Crippen molar-refractivity contribution in [3.8, 4) is 0 Å². The van der Waals surface area contributed by atoms with Gasteiger partial charge in [0.2, 0.25) is 5.91 Å². The minimum absolute atomic E-state index is 0.142. The van der Waals surface area contributed by atoms with Crippen LogP contribution < -0.4 is 5.32 Å². The normalized spacial score (nSPS) is 14.8. The van der Waals surface area contributed by atoms with Crippen molar-refractivity contribution in [3.05, 3.63) is 58.9 Å². The summed E-state index contributed by atoms with van der Waals surface area (Å²) in [6, 6.07) is 6.00. The van der Waals surface area contributed by atoms with Gasteiger partial charge < -0.3 is 15.1 Å². The fourth-order valence-electron chi connectivity index (χ4n) is 3.54. The lowest BCUT2D eigenvalue weighted by atomic mass is 9.95. The summed E-state index contributed by atoms with van der Waals surface area (Å²) in [6.45, 7) is 3.91. The third-order valence-electron chi connectivity index (χ3n) is 5.27. The van der Waals surface area contributed by atoms with E-state index in [1.165, 1.54) is 12.1 Å². The second-order valence-corrected chi connectivity index (χ2v) is 7.93. The van der Waals surface area contributed by atoms with E-state index in [1.54, 1.807) is 25.3 Å². The Hall–Kier alpha value is -2.87. The highest BCUT2D eigenvalue weighted by molar-refractivity contribution is 5.94. The number of nitrogens with one attached hydrogen (secondary N) is 1. The van der Waals surface area contributed by atoms with Crippen molar-refractivity contribution in [2.24, 2.45) is 0 Å². The van der Waals surface area contributed by atoms with E-state index >= 15 is 0 Å². The van der Waals surface area contributed by atoms with Crippen molar-refractivity contribution >= 4 is 11.8 Å². The maximum absolute atomic E-state index is 13.0. The molecule has 0 spiro atoms. The number of hydrogen-bond donors (Lipinski definition) is 1. The third kappa shape index (κ3) is 5.60. The Balaban J connectivity index is 1.56. The van der Waals surface area contributed by atoms with Gasteiger partial charge in [-0.15, -0.1) is 0 Å². The number of piperidine rings is 1. The van der Waals surface area contributed by atoms with Crippen LogP contribution in [0.1, 0.15) is 46.2 Å². The van der Waals surface area contributed by atoms with Crippen LogP contribution in [0.4, 0.5) is 4.39 Å². The minimum atomic E-state index is -0.308. The average molecular weight is 413 g/mol. The maximum Gasteiger partial charge on any atom is 0.254 e. The molecular weight excluding hydrogens is 385 g/mol. The fraction of sp³-hybridized carbons (Fsp3) is 0.455. The largest absolute Gasteiger partial charge is 0.348 e. The Morgan fingerprint density at radius 1 is 1.20 bits per heavy atom. The summed E-state index contributed by atoms with van der Waals surface area (Å²) in [6.07, 6.45) is 3.20. The van der Waals surface area contributed by atoms with Gasteiger partial charge in [0.1, 0.15) is 11.6 Å². The maximum atomic E-state index is 13.0. The van der Waals surface area contributed by atoms with Gasteiger partial charge in [-0.1, -0.05) is 12.1 Å². The molecule has 0 unspecified atom stereocenters. The molecule has 0 atom stereocenters. The van der Waals surface area contributed by atoms with Gasteiger partial charge in [-0.2, -0.15) is 0 Å². The van der Waals surface area contributed by atoms with Gasteiger partial charge in [0.05, 0.1) is 17.8 Å².